The molecule has 1 aromatic rings. The van der Waals surface area contributed by atoms with Gasteiger partial charge in [-0.3, -0.25) is 14.9 Å². The first-order valence-electron chi connectivity index (χ1n) is 6.34. The van der Waals surface area contributed by atoms with Crippen LogP contribution in [0.4, 0.5) is 5.69 Å². The van der Waals surface area contributed by atoms with Crippen LogP contribution in [0, 0.1) is 10.1 Å². The van der Waals surface area contributed by atoms with E-state index in [1.807, 2.05) is 0 Å². The van der Waals surface area contributed by atoms with Gasteiger partial charge in [-0.15, -0.1) is 0 Å². The Morgan fingerprint density at radius 1 is 1.21 bits per heavy atom. The lowest BCUT2D eigenvalue weighted by Gasteiger charge is -2.06. The topological polar surface area (TPSA) is 84.3 Å². The molecule has 0 unspecified atom stereocenters. The first kappa shape index (κ1) is 15.1. The van der Waals surface area contributed by atoms with E-state index in [0.717, 1.165) is 25.1 Å². The first-order chi connectivity index (χ1) is 9.13. The van der Waals surface area contributed by atoms with Crippen molar-refractivity contribution in [2.75, 3.05) is 19.6 Å². The summed E-state index contributed by atoms with van der Waals surface area (Å²) in [5, 5.41) is 16.5. The Hall–Kier alpha value is -1.95. The number of hydrogen-bond donors (Lipinski definition) is 2. The molecule has 0 heterocycles. The molecule has 0 aliphatic carbocycles. The number of nitro groups is 1. The molecule has 0 fully saturated rings. The van der Waals surface area contributed by atoms with E-state index in [9.17, 15) is 14.9 Å². The van der Waals surface area contributed by atoms with Gasteiger partial charge in [0.15, 0.2) is 0 Å². The summed E-state index contributed by atoms with van der Waals surface area (Å²) in [6, 6.07) is 6.02. The fraction of sp³-hybridized carbons (Fsp3) is 0.462. The molecule has 1 rings (SSSR count). The van der Waals surface area contributed by atoms with Gasteiger partial charge in [0.1, 0.15) is 0 Å². The molecular weight excluding hydrogens is 246 g/mol. The SMILES string of the molecule is CCCNCCNC(=O)Cc1ccc([N+](=O)[O-])cc1. The van der Waals surface area contributed by atoms with Crippen LogP contribution in [0.25, 0.3) is 0 Å². The van der Waals surface area contributed by atoms with Crippen molar-refractivity contribution in [1.29, 1.82) is 0 Å². The Morgan fingerprint density at radius 2 is 1.89 bits per heavy atom. The van der Waals surface area contributed by atoms with Gasteiger partial charge in [-0.05, 0) is 18.5 Å². The Morgan fingerprint density at radius 3 is 2.47 bits per heavy atom. The van der Waals surface area contributed by atoms with E-state index in [-0.39, 0.29) is 18.0 Å². The highest BCUT2D eigenvalue weighted by Gasteiger charge is 2.06. The third kappa shape index (κ3) is 5.96. The number of nitrogens with zero attached hydrogens (tertiary/aromatic N) is 1. The standard InChI is InChI=1S/C13H19N3O3/c1-2-7-14-8-9-15-13(17)10-11-3-5-12(6-4-11)16(18)19/h3-6,14H,2,7-10H2,1H3,(H,15,17). The summed E-state index contributed by atoms with van der Waals surface area (Å²) in [6.07, 6.45) is 1.31. The lowest BCUT2D eigenvalue weighted by molar-refractivity contribution is -0.384. The second-order valence-corrected chi connectivity index (χ2v) is 4.20. The molecular formula is C13H19N3O3. The lowest BCUT2D eigenvalue weighted by Crippen LogP contribution is -2.32. The van der Waals surface area contributed by atoms with Crippen LogP contribution in [-0.2, 0) is 11.2 Å². The predicted molar refractivity (Wildman–Crippen MR) is 73.0 cm³/mol. The summed E-state index contributed by atoms with van der Waals surface area (Å²) in [5.41, 5.74) is 0.803. The Labute approximate surface area is 112 Å². The zero-order valence-corrected chi connectivity index (χ0v) is 11.0. The molecule has 1 amide bonds. The van der Waals surface area contributed by atoms with Gasteiger partial charge >= 0.3 is 0 Å². The largest absolute Gasteiger partial charge is 0.355 e. The Bertz CT molecular complexity index is 418. The fourth-order valence-corrected chi connectivity index (χ4v) is 1.58. The molecule has 19 heavy (non-hydrogen) atoms. The summed E-state index contributed by atoms with van der Waals surface area (Å²) < 4.78 is 0. The normalized spacial score (nSPS) is 10.2. The van der Waals surface area contributed by atoms with Gasteiger partial charge in [0.05, 0.1) is 11.3 Å². The maximum absolute atomic E-state index is 11.6. The fourth-order valence-electron chi connectivity index (χ4n) is 1.58. The summed E-state index contributed by atoms with van der Waals surface area (Å²) >= 11 is 0. The van der Waals surface area contributed by atoms with E-state index in [1.54, 1.807) is 12.1 Å². The average molecular weight is 265 g/mol. The Balaban J connectivity index is 2.30. The molecule has 0 aromatic heterocycles. The quantitative estimate of drug-likeness (QED) is 0.421. The van der Waals surface area contributed by atoms with Gasteiger partial charge in [0, 0.05) is 25.2 Å². The first-order valence-corrected chi connectivity index (χ1v) is 6.34. The van der Waals surface area contributed by atoms with Crippen LogP contribution in [0.15, 0.2) is 24.3 Å². The molecule has 6 nitrogen and oxygen atoms in total. The third-order valence-corrected chi connectivity index (χ3v) is 2.56. The van der Waals surface area contributed by atoms with Crippen LogP contribution in [0.3, 0.4) is 0 Å². The number of non-ortho nitro benzene ring substituents is 1. The maximum Gasteiger partial charge on any atom is 0.269 e. The van der Waals surface area contributed by atoms with Gasteiger partial charge in [-0.1, -0.05) is 19.1 Å². The molecule has 6 heteroatoms. The molecule has 0 aliphatic rings. The minimum Gasteiger partial charge on any atom is -0.355 e. The molecule has 0 bridgehead atoms. The highest BCUT2D eigenvalue weighted by molar-refractivity contribution is 5.78. The van der Waals surface area contributed by atoms with E-state index in [2.05, 4.69) is 17.6 Å². The number of benzene rings is 1. The number of carbonyl (C=O) groups is 1. The zero-order chi connectivity index (χ0) is 14.1. The molecule has 2 N–H and O–H groups in total. The minimum absolute atomic E-state index is 0.0351. The van der Waals surface area contributed by atoms with Crippen molar-refractivity contribution in [3.63, 3.8) is 0 Å². The highest BCUT2D eigenvalue weighted by atomic mass is 16.6. The smallest absolute Gasteiger partial charge is 0.269 e. The van der Waals surface area contributed by atoms with Crippen molar-refractivity contribution < 1.29 is 9.72 Å². The van der Waals surface area contributed by atoms with Crippen molar-refractivity contribution in [3.05, 3.63) is 39.9 Å². The van der Waals surface area contributed by atoms with Crippen LogP contribution in [0.5, 0.6) is 0 Å². The van der Waals surface area contributed by atoms with Crippen molar-refractivity contribution in [3.8, 4) is 0 Å². The van der Waals surface area contributed by atoms with Crippen molar-refractivity contribution in [2.24, 2.45) is 0 Å². The van der Waals surface area contributed by atoms with Gasteiger partial charge in [0.25, 0.3) is 5.69 Å². The molecule has 0 radical (unpaired) electrons. The highest BCUT2D eigenvalue weighted by Crippen LogP contribution is 2.12. The van der Waals surface area contributed by atoms with Crippen LogP contribution in [0.2, 0.25) is 0 Å². The van der Waals surface area contributed by atoms with E-state index < -0.39 is 4.92 Å². The second-order valence-electron chi connectivity index (χ2n) is 4.20. The number of nitro benzene ring substituents is 1. The zero-order valence-electron chi connectivity index (χ0n) is 11.0. The molecule has 0 aliphatic heterocycles. The molecule has 0 saturated carbocycles. The number of carbonyl (C=O) groups excluding carboxylic acids is 1. The molecule has 0 spiro atoms. The van der Waals surface area contributed by atoms with Gasteiger partial charge in [-0.2, -0.15) is 0 Å². The number of hydrogen-bond acceptors (Lipinski definition) is 4. The molecule has 1 aromatic carbocycles. The third-order valence-electron chi connectivity index (χ3n) is 2.56. The van der Waals surface area contributed by atoms with Crippen LogP contribution in [-0.4, -0.2) is 30.5 Å². The Kier molecular flexibility index (Phi) is 6.52. The van der Waals surface area contributed by atoms with Crippen LogP contribution < -0.4 is 10.6 Å². The van der Waals surface area contributed by atoms with Gasteiger partial charge < -0.3 is 10.6 Å². The average Bonchev–Trinajstić information content (AvgIpc) is 2.39. The molecule has 104 valence electrons. The minimum atomic E-state index is -0.455. The summed E-state index contributed by atoms with van der Waals surface area (Å²) in [6.45, 7) is 4.37. The van der Waals surface area contributed by atoms with Gasteiger partial charge in [0.2, 0.25) is 5.91 Å². The monoisotopic (exact) mass is 265 g/mol. The maximum atomic E-state index is 11.6. The van der Waals surface area contributed by atoms with Gasteiger partial charge in [-0.25, -0.2) is 0 Å². The van der Waals surface area contributed by atoms with E-state index in [0.29, 0.717) is 6.54 Å². The van der Waals surface area contributed by atoms with Crippen LogP contribution >= 0.6 is 0 Å². The number of nitrogens with one attached hydrogen (secondary N) is 2. The van der Waals surface area contributed by atoms with E-state index >= 15 is 0 Å². The van der Waals surface area contributed by atoms with Crippen molar-refractivity contribution in [2.45, 2.75) is 19.8 Å². The molecule has 0 atom stereocenters. The predicted octanol–water partition coefficient (Wildman–Crippen LogP) is 1.25. The van der Waals surface area contributed by atoms with E-state index in [4.69, 9.17) is 0 Å². The summed E-state index contributed by atoms with van der Waals surface area (Å²) in [4.78, 5) is 21.6. The summed E-state index contributed by atoms with van der Waals surface area (Å²) in [7, 11) is 0. The second kappa shape index (κ2) is 8.20. The number of rotatable bonds is 8. The summed E-state index contributed by atoms with van der Waals surface area (Å²) in [5.74, 6) is -0.0767. The number of amides is 1. The molecule has 0 saturated heterocycles. The van der Waals surface area contributed by atoms with E-state index in [1.165, 1.54) is 12.1 Å². The van der Waals surface area contributed by atoms with Crippen molar-refractivity contribution in [1.82, 2.24) is 10.6 Å². The van der Waals surface area contributed by atoms with Crippen LogP contribution in [0.1, 0.15) is 18.9 Å². The van der Waals surface area contributed by atoms with Crippen molar-refractivity contribution >= 4 is 11.6 Å². The lowest BCUT2D eigenvalue weighted by atomic mass is 10.1.